The number of ether oxygens (including phenoxy) is 1. The molecular weight excluding hydrogens is 260 g/mol. The smallest absolute Gasteiger partial charge is 0.253 e. The van der Waals surface area contributed by atoms with Gasteiger partial charge in [-0.1, -0.05) is 0 Å². The standard InChI is InChI=1S/C13H26N4O3/c1-15(2)12(18)10-16-5-4-6-17(8-7-16)13(19)11(9-14)20-3/h11H,4-10,14H2,1-3H3. The van der Waals surface area contributed by atoms with Crippen molar-refractivity contribution in [3.8, 4) is 0 Å². The molecule has 1 aliphatic heterocycles. The lowest BCUT2D eigenvalue weighted by Gasteiger charge is -2.25. The molecule has 20 heavy (non-hydrogen) atoms. The molecule has 0 spiro atoms. The van der Waals surface area contributed by atoms with E-state index in [1.54, 1.807) is 23.9 Å². The fourth-order valence-corrected chi connectivity index (χ4v) is 2.18. The second kappa shape index (κ2) is 8.18. The minimum absolute atomic E-state index is 0.0595. The van der Waals surface area contributed by atoms with Gasteiger partial charge in [-0.15, -0.1) is 0 Å². The van der Waals surface area contributed by atoms with E-state index in [2.05, 4.69) is 4.90 Å². The number of amides is 2. The van der Waals surface area contributed by atoms with E-state index in [-0.39, 0.29) is 18.4 Å². The molecule has 0 aromatic heterocycles. The summed E-state index contributed by atoms with van der Waals surface area (Å²) in [4.78, 5) is 29.3. The van der Waals surface area contributed by atoms with Crippen molar-refractivity contribution in [3.05, 3.63) is 0 Å². The average Bonchev–Trinajstić information content (AvgIpc) is 2.65. The zero-order chi connectivity index (χ0) is 15.1. The van der Waals surface area contributed by atoms with Crippen LogP contribution in [0, 0.1) is 0 Å². The first kappa shape index (κ1) is 16.9. The number of carbonyl (C=O) groups excluding carboxylic acids is 2. The molecule has 7 nitrogen and oxygen atoms in total. The fourth-order valence-electron chi connectivity index (χ4n) is 2.18. The van der Waals surface area contributed by atoms with Crippen LogP contribution < -0.4 is 5.73 Å². The topological polar surface area (TPSA) is 79.1 Å². The van der Waals surface area contributed by atoms with Gasteiger partial charge in [-0.05, 0) is 6.42 Å². The van der Waals surface area contributed by atoms with Crippen LogP contribution in [-0.4, -0.2) is 93.1 Å². The molecule has 0 bridgehead atoms. The minimum Gasteiger partial charge on any atom is -0.370 e. The van der Waals surface area contributed by atoms with E-state index in [1.807, 2.05) is 0 Å². The maximum atomic E-state index is 12.2. The van der Waals surface area contributed by atoms with Gasteiger partial charge in [0.15, 0.2) is 0 Å². The Labute approximate surface area is 120 Å². The van der Waals surface area contributed by atoms with E-state index in [0.717, 1.165) is 13.0 Å². The van der Waals surface area contributed by atoms with Gasteiger partial charge in [-0.25, -0.2) is 0 Å². The first-order chi connectivity index (χ1) is 9.49. The molecule has 1 aliphatic rings. The van der Waals surface area contributed by atoms with Gasteiger partial charge in [0.25, 0.3) is 5.91 Å². The zero-order valence-electron chi connectivity index (χ0n) is 12.7. The normalized spacial score (nSPS) is 18.5. The number of methoxy groups -OCH3 is 1. The van der Waals surface area contributed by atoms with E-state index in [9.17, 15) is 9.59 Å². The van der Waals surface area contributed by atoms with Crippen molar-refractivity contribution in [2.45, 2.75) is 12.5 Å². The first-order valence-electron chi connectivity index (χ1n) is 6.93. The maximum absolute atomic E-state index is 12.2. The molecule has 0 aromatic rings. The van der Waals surface area contributed by atoms with Crippen molar-refractivity contribution < 1.29 is 14.3 Å². The molecule has 0 aromatic carbocycles. The largest absolute Gasteiger partial charge is 0.370 e. The van der Waals surface area contributed by atoms with Gasteiger partial charge in [-0.2, -0.15) is 0 Å². The summed E-state index contributed by atoms with van der Waals surface area (Å²) < 4.78 is 5.09. The Kier molecular flexibility index (Phi) is 6.90. The van der Waals surface area contributed by atoms with Crippen molar-refractivity contribution in [2.75, 3.05) is 60.5 Å². The molecule has 1 saturated heterocycles. The molecule has 1 rings (SSSR count). The predicted molar refractivity (Wildman–Crippen MR) is 76.2 cm³/mol. The monoisotopic (exact) mass is 286 g/mol. The zero-order valence-corrected chi connectivity index (χ0v) is 12.7. The van der Waals surface area contributed by atoms with Crippen LogP contribution >= 0.6 is 0 Å². The third-order valence-corrected chi connectivity index (χ3v) is 3.53. The lowest BCUT2D eigenvalue weighted by atomic mass is 10.3. The van der Waals surface area contributed by atoms with Crippen LogP contribution in [0.4, 0.5) is 0 Å². The molecule has 1 heterocycles. The SMILES string of the molecule is COC(CN)C(=O)N1CCCN(CC(=O)N(C)C)CC1. The molecule has 0 aliphatic carbocycles. The predicted octanol–water partition coefficient (Wildman–Crippen LogP) is -1.42. The molecule has 0 saturated carbocycles. The van der Waals surface area contributed by atoms with E-state index in [0.29, 0.717) is 26.2 Å². The molecule has 0 radical (unpaired) electrons. The number of nitrogens with two attached hydrogens (primary N) is 1. The summed E-state index contributed by atoms with van der Waals surface area (Å²) in [5.41, 5.74) is 5.52. The van der Waals surface area contributed by atoms with E-state index < -0.39 is 6.10 Å². The number of carbonyl (C=O) groups is 2. The van der Waals surface area contributed by atoms with Crippen molar-refractivity contribution in [3.63, 3.8) is 0 Å². The van der Waals surface area contributed by atoms with Gasteiger partial charge < -0.3 is 20.3 Å². The molecule has 1 fully saturated rings. The third kappa shape index (κ3) is 4.73. The average molecular weight is 286 g/mol. The Balaban J connectivity index is 2.50. The molecule has 2 amide bonds. The Bertz CT molecular complexity index is 332. The highest BCUT2D eigenvalue weighted by Gasteiger charge is 2.25. The second-order valence-electron chi connectivity index (χ2n) is 5.20. The second-order valence-corrected chi connectivity index (χ2v) is 5.20. The van der Waals surface area contributed by atoms with Crippen molar-refractivity contribution >= 4 is 11.8 Å². The molecule has 116 valence electrons. The number of rotatable bonds is 5. The Morgan fingerprint density at radius 3 is 2.50 bits per heavy atom. The maximum Gasteiger partial charge on any atom is 0.253 e. The van der Waals surface area contributed by atoms with E-state index in [4.69, 9.17) is 10.5 Å². The summed E-state index contributed by atoms with van der Waals surface area (Å²) in [6, 6.07) is 0. The van der Waals surface area contributed by atoms with E-state index >= 15 is 0 Å². The Morgan fingerprint density at radius 1 is 1.25 bits per heavy atom. The lowest BCUT2D eigenvalue weighted by Crippen LogP contribution is -2.45. The van der Waals surface area contributed by atoms with Gasteiger partial charge in [0, 0.05) is 53.9 Å². The first-order valence-corrected chi connectivity index (χ1v) is 6.93. The van der Waals surface area contributed by atoms with Crippen LogP contribution in [0.5, 0.6) is 0 Å². The number of hydrogen-bond acceptors (Lipinski definition) is 5. The van der Waals surface area contributed by atoms with Crippen molar-refractivity contribution in [1.29, 1.82) is 0 Å². The highest BCUT2D eigenvalue weighted by atomic mass is 16.5. The highest BCUT2D eigenvalue weighted by molar-refractivity contribution is 5.81. The van der Waals surface area contributed by atoms with Gasteiger partial charge in [0.05, 0.1) is 6.54 Å². The van der Waals surface area contributed by atoms with Crippen LogP contribution in [0.1, 0.15) is 6.42 Å². The summed E-state index contributed by atoms with van der Waals surface area (Å²) in [6.45, 7) is 3.41. The highest BCUT2D eigenvalue weighted by Crippen LogP contribution is 2.06. The minimum atomic E-state index is -0.565. The van der Waals surface area contributed by atoms with Crippen LogP contribution in [-0.2, 0) is 14.3 Å². The van der Waals surface area contributed by atoms with Crippen molar-refractivity contribution in [1.82, 2.24) is 14.7 Å². The number of hydrogen-bond donors (Lipinski definition) is 1. The van der Waals surface area contributed by atoms with Gasteiger partial charge >= 0.3 is 0 Å². The quantitative estimate of drug-likeness (QED) is 0.671. The molecule has 1 atom stereocenters. The van der Waals surface area contributed by atoms with Gasteiger partial charge in [0.2, 0.25) is 5.91 Å². The molecular formula is C13H26N4O3. The molecule has 7 heteroatoms. The van der Waals surface area contributed by atoms with Gasteiger partial charge in [0.1, 0.15) is 6.10 Å². The summed E-state index contributed by atoms with van der Waals surface area (Å²) >= 11 is 0. The number of likely N-dealkylation sites (N-methyl/N-ethyl adjacent to an activating group) is 1. The Morgan fingerprint density at radius 2 is 1.95 bits per heavy atom. The van der Waals surface area contributed by atoms with Crippen LogP contribution in [0.25, 0.3) is 0 Å². The number of nitrogens with zero attached hydrogens (tertiary/aromatic N) is 3. The van der Waals surface area contributed by atoms with E-state index in [1.165, 1.54) is 7.11 Å². The van der Waals surface area contributed by atoms with Crippen LogP contribution in [0.15, 0.2) is 0 Å². The lowest BCUT2D eigenvalue weighted by molar-refractivity contribution is -0.141. The summed E-state index contributed by atoms with van der Waals surface area (Å²) in [6.07, 6.45) is 0.290. The summed E-state index contributed by atoms with van der Waals surface area (Å²) in [5.74, 6) is 0.0253. The third-order valence-electron chi connectivity index (χ3n) is 3.53. The van der Waals surface area contributed by atoms with Crippen molar-refractivity contribution in [2.24, 2.45) is 5.73 Å². The molecule has 2 N–H and O–H groups in total. The summed E-state index contributed by atoms with van der Waals surface area (Å²) in [7, 11) is 5.00. The van der Waals surface area contributed by atoms with Crippen LogP contribution in [0.3, 0.4) is 0 Å². The molecule has 1 unspecified atom stereocenters. The summed E-state index contributed by atoms with van der Waals surface area (Å²) in [5, 5.41) is 0. The Hall–Kier alpha value is -1.18. The van der Waals surface area contributed by atoms with Crippen LogP contribution in [0.2, 0.25) is 0 Å². The fraction of sp³-hybridized carbons (Fsp3) is 0.846. The van der Waals surface area contributed by atoms with Gasteiger partial charge in [-0.3, -0.25) is 14.5 Å².